The fourth-order valence-corrected chi connectivity index (χ4v) is 3.67. The van der Waals surface area contributed by atoms with Crippen molar-refractivity contribution in [1.29, 1.82) is 0 Å². The lowest BCUT2D eigenvalue weighted by Crippen LogP contribution is -2.41. The van der Waals surface area contributed by atoms with Gasteiger partial charge in [-0.05, 0) is 62.8 Å². The van der Waals surface area contributed by atoms with Gasteiger partial charge in [-0.15, -0.1) is 0 Å². The van der Waals surface area contributed by atoms with Crippen molar-refractivity contribution in [3.05, 3.63) is 59.4 Å². The molecule has 2 aromatic carbocycles. The fourth-order valence-electron chi connectivity index (χ4n) is 3.67. The summed E-state index contributed by atoms with van der Waals surface area (Å²) in [5.74, 6) is -0.185. The molecule has 1 saturated heterocycles. The van der Waals surface area contributed by atoms with Gasteiger partial charge in [0, 0.05) is 18.8 Å². The largest absolute Gasteiger partial charge is 0.495 e. The molecule has 0 atom stereocenters. The molecule has 0 bridgehead atoms. The molecule has 2 heterocycles. The van der Waals surface area contributed by atoms with E-state index >= 15 is 0 Å². The van der Waals surface area contributed by atoms with Crippen molar-refractivity contribution in [2.24, 2.45) is 0 Å². The van der Waals surface area contributed by atoms with Crippen molar-refractivity contribution < 1.29 is 13.7 Å². The minimum absolute atomic E-state index is 0.185. The molecular formula is C21H25BFNO2. The minimum atomic E-state index is -0.384. The average Bonchev–Trinajstić information content (AvgIpc) is 3.05. The Bertz CT molecular complexity index is 821. The Balaban J connectivity index is 1.62. The maximum atomic E-state index is 13.7. The summed E-state index contributed by atoms with van der Waals surface area (Å²) in [6.45, 7) is 9.88. The molecule has 2 aliphatic rings. The molecular weight excluding hydrogens is 328 g/mol. The molecule has 2 aliphatic heterocycles. The van der Waals surface area contributed by atoms with Gasteiger partial charge >= 0.3 is 7.12 Å². The van der Waals surface area contributed by atoms with Gasteiger partial charge in [-0.2, -0.15) is 0 Å². The number of fused-ring (bicyclic) bond motifs is 1. The molecule has 4 rings (SSSR count). The summed E-state index contributed by atoms with van der Waals surface area (Å²) < 4.78 is 26.2. The molecule has 0 amide bonds. The lowest BCUT2D eigenvalue weighted by molar-refractivity contribution is 0.00578. The van der Waals surface area contributed by atoms with Gasteiger partial charge in [-0.25, -0.2) is 4.39 Å². The monoisotopic (exact) mass is 353 g/mol. The molecule has 0 radical (unpaired) electrons. The summed E-state index contributed by atoms with van der Waals surface area (Å²) >= 11 is 0. The SMILES string of the molecule is CC1(C)OB(c2ccccc2CN2CCc3ccc(F)cc32)OC1(C)C. The van der Waals surface area contributed by atoms with Gasteiger partial charge in [-0.1, -0.05) is 30.3 Å². The topological polar surface area (TPSA) is 21.7 Å². The van der Waals surface area contributed by atoms with E-state index in [1.165, 1.54) is 5.56 Å². The molecule has 0 saturated carbocycles. The summed E-state index contributed by atoms with van der Waals surface area (Å²) in [5, 5.41) is 0. The Morgan fingerprint density at radius 3 is 2.46 bits per heavy atom. The summed E-state index contributed by atoms with van der Waals surface area (Å²) in [6, 6.07) is 13.3. The second-order valence-corrected chi connectivity index (χ2v) is 8.23. The molecule has 0 aliphatic carbocycles. The third-order valence-electron chi connectivity index (χ3n) is 5.96. The van der Waals surface area contributed by atoms with Crippen molar-refractivity contribution >= 4 is 18.3 Å². The van der Waals surface area contributed by atoms with Gasteiger partial charge in [0.25, 0.3) is 0 Å². The predicted octanol–water partition coefficient (Wildman–Crippen LogP) is 3.69. The molecule has 5 heteroatoms. The van der Waals surface area contributed by atoms with Crippen molar-refractivity contribution in [3.8, 4) is 0 Å². The Labute approximate surface area is 155 Å². The van der Waals surface area contributed by atoms with Crippen LogP contribution in [0.5, 0.6) is 0 Å². The second-order valence-electron chi connectivity index (χ2n) is 8.23. The number of anilines is 1. The normalized spacial score (nSPS) is 20.5. The number of rotatable bonds is 3. The summed E-state index contributed by atoms with van der Waals surface area (Å²) in [7, 11) is -0.384. The highest BCUT2D eigenvalue weighted by atomic mass is 19.1. The quantitative estimate of drug-likeness (QED) is 0.786. The number of halogens is 1. The highest BCUT2D eigenvalue weighted by Crippen LogP contribution is 2.37. The van der Waals surface area contributed by atoms with Gasteiger partial charge in [-0.3, -0.25) is 0 Å². The summed E-state index contributed by atoms with van der Waals surface area (Å²) in [5.41, 5.74) is 3.68. The van der Waals surface area contributed by atoms with Crippen LogP contribution in [0.1, 0.15) is 38.8 Å². The predicted molar refractivity (Wildman–Crippen MR) is 103 cm³/mol. The fraction of sp³-hybridized carbons (Fsp3) is 0.429. The van der Waals surface area contributed by atoms with Crippen LogP contribution in [0.25, 0.3) is 0 Å². The lowest BCUT2D eigenvalue weighted by atomic mass is 9.76. The van der Waals surface area contributed by atoms with Crippen LogP contribution in [-0.4, -0.2) is 24.9 Å². The molecule has 3 nitrogen and oxygen atoms in total. The van der Waals surface area contributed by atoms with Crippen LogP contribution in [0.15, 0.2) is 42.5 Å². The first kappa shape index (κ1) is 17.6. The third kappa shape index (κ3) is 2.93. The van der Waals surface area contributed by atoms with Gasteiger partial charge in [0.05, 0.1) is 11.2 Å². The van der Waals surface area contributed by atoms with Crippen LogP contribution in [0, 0.1) is 5.82 Å². The lowest BCUT2D eigenvalue weighted by Gasteiger charge is -2.32. The first-order valence-corrected chi connectivity index (χ1v) is 9.24. The Kier molecular flexibility index (Phi) is 4.12. The molecule has 0 spiro atoms. The van der Waals surface area contributed by atoms with Crippen molar-refractivity contribution in [1.82, 2.24) is 0 Å². The first-order valence-electron chi connectivity index (χ1n) is 9.24. The van der Waals surface area contributed by atoms with Crippen LogP contribution >= 0.6 is 0 Å². The van der Waals surface area contributed by atoms with E-state index in [1.54, 1.807) is 12.1 Å². The standard InChI is InChI=1S/C21H25BFNO2/c1-20(2)21(3,4)26-22(25-20)18-8-6-5-7-16(18)14-24-12-11-15-9-10-17(23)13-19(15)24/h5-10,13H,11-12,14H2,1-4H3. The zero-order valence-electron chi connectivity index (χ0n) is 15.9. The molecule has 2 aromatic rings. The van der Waals surface area contributed by atoms with Gasteiger partial charge in [0.15, 0.2) is 0 Å². The van der Waals surface area contributed by atoms with Crippen molar-refractivity contribution in [2.45, 2.75) is 51.9 Å². The van der Waals surface area contributed by atoms with E-state index in [1.807, 2.05) is 18.2 Å². The van der Waals surface area contributed by atoms with Gasteiger partial charge in [0.1, 0.15) is 5.82 Å². The van der Waals surface area contributed by atoms with Crippen LogP contribution in [0.3, 0.4) is 0 Å². The van der Waals surface area contributed by atoms with E-state index in [0.29, 0.717) is 0 Å². The molecule has 0 aromatic heterocycles. The number of benzene rings is 2. The van der Waals surface area contributed by atoms with E-state index in [-0.39, 0.29) is 24.1 Å². The zero-order chi connectivity index (χ0) is 18.5. The minimum Gasteiger partial charge on any atom is -0.399 e. The molecule has 136 valence electrons. The second kappa shape index (κ2) is 6.10. The highest BCUT2D eigenvalue weighted by Gasteiger charge is 2.52. The zero-order valence-corrected chi connectivity index (χ0v) is 15.9. The van der Waals surface area contributed by atoms with Crippen LogP contribution in [-0.2, 0) is 22.3 Å². The number of hydrogen-bond acceptors (Lipinski definition) is 3. The maximum Gasteiger partial charge on any atom is 0.495 e. The van der Waals surface area contributed by atoms with Crippen LogP contribution in [0.2, 0.25) is 0 Å². The first-order chi connectivity index (χ1) is 12.3. The number of hydrogen-bond donors (Lipinski definition) is 0. The van der Waals surface area contributed by atoms with Crippen molar-refractivity contribution in [2.75, 3.05) is 11.4 Å². The van der Waals surface area contributed by atoms with Gasteiger partial charge in [0.2, 0.25) is 0 Å². The van der Waals surface area contributed by atoms with Crippen LogP contribution < -0.4 is 10.4 Å². The summed E-state index contributed by atoms with van der Waals surface area (Å²) in [4.78, 5) is 2.24. The molecule has 1 fully saturated rings. The molecule has 0 unspecified atom stereocenters. The molecule has 0 N–H and O–H groups in total. The average molecular weight is 353 g/mol. The van der Waals surface area contributed by atoms with E-state index in [9.17, 15) is 4.39 Å². The van der Waals surface area contributed by atoms with Gasteiger partial charge < -0.3 is 14.2 Å². The van der Waals surface area contributed by atoms with E-state index < -0.39 is 0 Å². The van der Waals surface area contributed by atoms with E-state index in [0.717, 1.165) is 36.2 Å². The maximum absolute atomic E-state index is 13.7. The molecule has 26 heavy (non-hydrogen) atoms. The van der Waals surface area contributed by atoms with Crippen LogP contribution in [0.4, 0.5) is 10.1 Å². The van der Waals surface area contributed by atoms with E-state index in [2.05, 4.69) is 44.7 Å². The Morgan fingerprint density at radius 1 is 1.04 bits per heavy atom. The van der Waals surface area contributed by atoms with Crippen molar-refractivity contribution in [3.63, 3.8) is 0 Å². The summed E-state index contributed by atoms with van der Waals surface area (Å²) in [6.07, 6.45) is 0.953. The Morgan fingerprint density at radius 2 is 1.73 bits per heavy atom. The van der Waals surface area contributed by atoms with E-state index in [4.69, 9.17) is 9.31 Å². The smallest absolute Gasteiger partial charge is 0.399 e. The Hall–Kier alpha value is -1.85. The highest BCUT2D eigenvalue weighted by molar-refractivity contribution is 6.62. The third-order valence-corrected chi connectivity index (χ3v) is 5.96. The number of nitrogens with zero attached hydrogens (tertiary/aromatic N) is 1.